The minimum atomic E-state index is -0.301. The first-order chi connectivity index (χ1) is 10.0. The van der Waals surface area contributed by atoms with Crippen LogP contribution in [0, 0.1) is 12.8 Å². The molecule has 1 heterocycles. The highest BCUT2D eigenvalue weighted by Gasteiger charge is 2.44. The summed E-state index contributed by atoms with van der Waals surface area (Å²) in [5.41, 5.74) is 10.8. The molecule has 1 fully saturated rings. The van der Waals surface area contributed by atoms with Gasteiger partial charge in [0.15, 0.2) is 0 Å². The predicted octanol–water partition coefficient (Wildman–Crippen LogP) is 2.46. The van der Waals surface area contributed by atoms with Crippen LogP contribution < -0.4 is 17.0 Å². The Morgan fingerprint density at radius 2 is 2.33 bits per heavy atom. The Bertz CT molecular complexity index is 475. The lowest BCUT2D eigenvalue weighted by Gasteiger charge is -2.45. The van der Waals surface area contributed by atoms with Crippen molar-refractivity contribution in [1.29, 1.82) is 0 Å². The van der Waals surface area contributed by atoms with E-state index in [-0.39, 0.29) is 11.6 Å². The molecule has 5 heteroatoms. The summed E-state index contributed by atoms with van der Waals surface area (Å²) in [7, 11) is 0. The molecule has 2 rings (SSSR count). The molecule has 0 aliphatic heterocycles. The topological polar surface area (TPSA) is 86.2 Å². The van der Waals surface area contributed by atoms with Gasteiger partial charge in [-0.25, -0.2) is 10.4 Å². The molecule has 5 nitrogen and oxygen atoms in total. The molecule has 5 N–H and O–H groups in total. The average Bonchev–Trinajstić information content (AvgIpc) is 2.43. The van der Waals surface area contributed by atoms with Crippen molar-refractivity contribution in [2.75, 3.05) is 12.3 Å². The smallest absolute Gasteiger partial charge is 0.128 e. The van der Waals surface area contributed by atoms with Crippen LogP contribution in [0.4, 0.5) is 5.82 Å². The van der Waals surface area contributed by atoms with E-state index >= 15 is 0 Å². The van der Waals surface area contributed by atoms with Crippen molar-refractivity contribution in [3.8, 4) is 0 Å². The average molecular weight is 292 g/mol. The second-order valence-electron chi connectivity index (χ2n) is 6.29. The predicted molar refractivity (Wildman–Crippen MR) is 85.4 cm³/mol. The van der Waals surface area contributed by atoms with Gasteiger partial charge in [0, 0.05) is 18.4 Å². The highest BCUT2D eigenvalue weighted by Crippen LogP contribution is 2.44. The Labute approximate surface area is 127 Å². The van der Waals surface area contributed by atoms with Crippen molar-refractivity contribution in [3.05, 3.63) is 23.4 Å². The molecule has 0 bridgehead atoms. The Balaban J connectivity index is 2.42. The number of nitrogens with two attached hydrogens (primary N) is 2. The zero-order valence-corrected chi connectivity index (χ0v) is 13.4. The van der Waals surface area contributed by atoms with Crippen molar-refractivity contribution in [2.45, 2.75) is 58.1 Å². The van der Waals surface area contributed by atoms with E-state index in [0.29, 0.717) is 18.3 Å². The second kappa shape index (κ2) is 6.73. The second-order valence-corrected chi connectivity index (χ2v) is 6.29. The molecule has 3 atom stereocenters. The van der Waals surface area contributed by atoms with Gasteiger partial charge in [0.1, 0.15) is 5.82 Å². The fourth-order valence-electron chi connectivity index (χ4n) is 3.67. The van der Waals surface area contributed by atoms with Gasteiger partial charge >= 0.3 is 0 Å². The van der Waals surface area contributed by atoms with Crippen LogP contribution in [-0.2, 0) is 4.74 Å². The number of pyridine rings is 1. The molecule has 1 aromatic rings. The van der Waals surface area contributed by atoms with Gasteiger partial charge < -0.3 is 10.5 Å². The number of rotatable bonds is 5. The Kier molecular flexibility index (Phi) is 5.19. The summed E-state index contributed by atoms with van der Waals surface area (Å²) in [5, 5.41) is 0. The van der Waals surface area contributed by atoms with E-state index in [4.69, 9.17) is 16.3 Å². The molecule has 1 saturated carbocycles. The summed E-state index contributed by atoms with van der Waals surface area (Å²) in [5.74, 6) is 7.06. The number of nitrogens with zero attached hydrogens (tertiary/aromatic N) is 1. The summed E-state index contributed by atoms with van der Waals surface area (Å²) in [6, 6.07) is 1.93. The lowest BCUT2D eigenvalue weighted by atomic mass is 9.72. The van der Waals surface area contributed by atoms with Gasteiger partial charge in [0.25, 0.3) is 0 Å². The van der Waals surface area contributed by atoms with E-state index in [1.54, 1.807) is 6.20 Å². The number of aryl methyl sites for hydroxylation is 1. The van der Waals surface area contributed by atoms with Crippen LogP contribution in [0.25, 0.3) is 0 Å². The summed E-state index contributed by atoms with van der Waals surface area (Å²) in [4.78, 5) is 4.28. The highest BCUT2D eigenvalue weighted by atomic mass is 16.5. The van der Waals surface area contributed by atoms with Gasteiger partial charge in [-0.1, -0.05) is 19.8 Å². The summed E-state index contributed by atoms with van der Waals surface area (Å²) in [6.45, 7) is 7.00. The molecule has 118 valence electrons. The molecule has 0 radical (unpaired) electrons. The third-order valence-corrected chi connectivity index (χ3v) is 4.51. The van der Waals surface area contributed by atoms with E-state index in [1.165, 1.54) is 6.42 Å². The lowest BCUT2D eigenvalue weighted by Crippen LogP contribution is -2.51. The maximum absolute atomic E-state index is 6.22. The standard InChI is InChI=1S/C16H28N4O/c1-4-21-16(7-5-6-11(2)9-16)14(20-18)13-8-12(3)10-19-15(13)17/h8,10-11,14,20H,4-7,9,18H2,1-3H3,(H2,17,19). The van der Waals surface area contributed by atoms with Gasteiger partial charge in [-0.3, -0.25) is 5.84 Å². The van der Waals surface area contributed by atoms with Gasteiger partial charge in [0.05, 0.1) is 11.6 Å². The normalized spacial score (nSPS) is 27.5. The van der Waals surface area contributed by atoms with Crippen LogP contribution in [0.5, 0.6) is 0 Å². The molecule has 1 aliphatic carbocycles. The first-order valence-electron chi connectivity index (χ1n) is 7.84. The van der Waals surface area contributed by atoms with Crippen molar-refractivity contribution < 1.29 is 4.74 Å². The Morgan fingerprint density at radius 1 is 1.57 bits per heavy atom. The molecule has 1 aromatic heterocycles. The quantitative estimate of drug-likeness (QED) is 0.573. The molecule has 0 spiro atoms. The third-order valence-electron chi connectivity index (χ3n) is 4.51. The van der Waals surface area contributed by atoms with E-state index < -0.39 is 0 Å². The fourth-order valence-corrected chi connectivity index (χ4v) is 3.67. The molecule has 0 aromatic carbocycles. The van der Waals surface area contributed by atoms with Crippen molar-refractivity contribution in [1.82, 2.24) is 10.4 Å². The monoisotopic (exact) mass is 292 g/mol. The molecule has 0 amide bonds. The zero-order valence-electron chi connectivity index (χ0n) is 13.4. The zero-order chi connectivity index (χ0) is 15.5. The largest absolute Gasteiger partial charge is 0.383 e. The van der Waals surface area contributed by atoms with E-state index in [2.05, 4.69) is 23.4 Å². The molecule has 3 unspecified atom stereocenters. The summed E-state index contributed by atoms with van der Waals surface area (Å²) < 4.78 is 6.22. The number of nitrogens with one attached hydrogen (secondary N) is 1. The highest BCUT2D eigenvalue weighted by molar-refractivity contribution is 5.44. The van der Waals surface area contributed by atoms with Crippen molar-refractivity contribution in [2.24, 2.45) is 11.8 Å². The van der Waals surface area contributed by atoms with E-state index in [9.17, 15) is 0 Å². The number of aromatic nitrogens is 1. The number of hydrogen-bond acceptors (Lipinski definition) is 5. The van der Waals surface area contributed by atoms with Crippen molar-refractivity contribution >= 4 is 5.82 Å². The number of anilines is 1. The van der Waals surface area contributed by atoms with Gasteiger partial charge in [-0.15, -0.1) is 0 Å². The number of ether oxygens (including phenoxy) is 1. The van der Waals surface area contributed by atoms with Crippen LogP contribution in [0.3, 0.4) is 0 Å². The fraction of sp³-hybridized carbons (Fsp3) is 0.688. The Hall–Kier alpha value is -1.17. The minimum Gasteiger partial charge on any atom is -0.383 e. The van der Waals surface area contributed by atoms with Crippen LogP contribution in [0.1, 0.15) is 56.7 Å². The first kappa shape index (κ1) is 16.2. The van der Waals surface area contributed by atoms with E-state index in [0.717, 1.165) is 30.4 Å². The molecule has 21 heavy (non-hydrogen) atoms. The van der Waals surface area contributed by atoms with Crippen LogP contribution in [0.15, 0.2) is 12.3 Å². The van der Waals surface area contributed by atoms with Crippen LogP contribution >= 0.6 is 0 Å². The third kappa shape index (κ3) is 3.36. The molecular weight excluding hydrogens is 264 g/mol. The van der Waals surface area contributed by atoms with Gasteiger partial charge in [-0.2, -0.15) is 0 Å². The number of hydrogen-bond donors (Lipinski definition) is 3. The number of hydrazine groups is 1. The molecular formula is C16H28N4O. The Morgan fingerprint density at radius 3 is 2.95 bits per heavy atom. The summed E-state index contributed by atoms with van der Waals surface area (Å²) in [6.07, 6.45) is 6.16. The van der Waals surface area contributed by atoms with E-state index in [1.807, 2.05) is 13.8 Å². The maximum Gasteiger partial charge on any atom is 0.128 e. The van der Waals surface area contributed by atoms with Gasteiger partial charge in [0.2, 0.25) is 0 Å². The van der Waals surface area contributed by atoms with Crippen molar-refractivity contribution in [3.63, 3.8) is 0 Å². The SMILES string of the molecule is CCOC1(C(NN)c2cc(C)cnc2N)CCCC(C)C1. The minimum absolute atomic E-state index is 0.132. The van der Waals surface area contributed by atoms with Gasteiger partial charge in [-0.05, 0) is 44.2 Å². The maximum atomic E-state index is 6.22. The van der Waals surface area contributed by atoms with Crippen LogP contribution in [0.2, 0.25) is 0 Å². The lowest BCUT2D eigenvalue weighted by molar-refractivity contribution is -0.102. The molecule has 1 aliphatic rings. The number of nitrogen functional groups attached to an aromatic ring is 1. The first-order valence-corrected chi connectivity index (χ1v) is 7.84. The summed E-state index contributed by atoms with van der Waals surface area (Å²) >= 11 is 0. The molecule has 0 saturated heterocycles. The van der Waals surface area contributed by atoms with Crippen LogP contribution in [-0.4, -0.2) is 17.2 Å².